The molecule has 5 nitrogen and oxygen atoms in total. The number of likely N-dealkylation sites (tertiary alicyclic amines) is 1. The van der Waals surface area contributed by atoms with E-state index in [1.807, 2.05) is 12.1 Å². The predicted octanol–water partition coefficient (Wildman–Crippen LogP) is 1.78. The largest absolute Gasteiger partial charge is 0.382 e. The van der Waals surface area contributed by atoms with E-state index in [0.29, 0.717) is 6.04 Å². The Morgan fingerprint density at radius 1 is 1.14 bits per heavy atom. The van der Waals surface area contributed by atoms with Gasteiger partial charge < -0.3 is 5.32 Å². The Labute approximate surface area is 125 Å². The molecular formula is C16H19N5. The molecule has 1 N–H and O–H groups in total. The molecule has 1 fully saturated rings. The molecule has 0 bridgehead atoms. The Kier molecular flexibility index (Phi) is 4.17. The van der Waals surface area contributed by atoms with E-state index in [-0.39, 0.29) is 0 Å². The van der Waals surface area contributed by atoms with E-state index >= 15 is 0 Å². The van der Waals surface area contributed by atoms with Crippen LogP contribution in [0.25, 0.3) is 5.69 Å². The first-order chi connectivity index (χ1) is 10.3. The van der Waals surface area contributed by atoms with Crippen molar-refractivity contribution in [2.45, 2.75) is 18.9 Å². The van der Waals surface area contributed by atoms with Crippen LogP contribution < -0.4 is 5.32 Å². The van der Waals surface area contributed by atoms with Crippen LogP contribution in [0, 0.1) is 12.3 Å². The zero-order chi connectivity index (χ0) is 14.5. The lowest BCUT2D eigenvalue weighted by atomic mass is 10.0. The van der Waals surface area contributed by atoms with E-state index in [0.717, 1.165) is 43.9 Å². The Morgan fingerprint density at radius 3 is 2.43 bits per heavy atom. The van der Waals surface area contributed by atoms with Crippen molar-refractivity contribution < 1.29 is 0 Å². The van der Waals surface area contributed by atoms with Crippen molar-refractivity contribution in [3.63, 3.8) is 0 Å². The SMILES string of the molecule is C#CCN1CCC(Nc2ccc(-n3nccn3)cc2)CC1. The number of piperidine rings is 1. The first-order valence-electron chi connectivity index (χ1n) is 7.24. The maximum Gasteiger partial charge on any atom is 0.0858 e. The molecule has 108 valence electrons. The topological polar surface area (TPSA) is 46.0 Å². The smallest absolute Gasteiger partial charge is 0.0858 e. The van der Waals surface area contributed by atoms with Crippen molar-refractivity contribution in [1.82, 2.24) is 19.9 Å². The quantitative estimate of drug-likeness (QED) is 0.868. The van der Waals surface area contributed by atoms with Gasteiger partial charge in [0.25, 0.3) is 0 Å². The van der Waals surface area contributed by atoms with E-state index in [2.05, 4.69) is 38.5 Å². The van der Waals surface area contributed by atoms with Gasteiger partial charge in [-0.2, -0.15) is 15.0 Å². The number of terminal acetylenes is 1. The van der Waals surface area contributed by atoms with Gasteiger partial charge in [0.05, 0.1) is 24.6 Å². The average molecular weight is 281 g/mol. The predicted molar refractivity (Wildman–Crippen MR) is 83.3 cm³/mol. The van der Waals surface area contributed by atoms with E-state index in [9.17, 15) is 0 Å². The number of nitrogens with zero attached hydrogens (tertiary/aromatic N) is 4. The van der Waals surface area contributed by atoms with Gasteiger partial charge >= 0.3 is 0 Å². The van der Waals surface area contributed by atoms with Gasteiger partial charge in [-0.15, -0.1) is 6.42 Å². The van der Waals surface area contributed by atoms with Gasteiger partial charge in [-0.05, 0) is 37.1 Å². The summed E-state index contributed by atoms with van der Waals surface area (Å²) >= 11 is 0. The number of hydrogen-bond acceptors (Lipinski definition) is 4. The second-order valence-electron chi connectivity index (χ2n) is 5.26. The molecule has 3 rings (SSSR count). The summed E-state index contributed by atoms with van der Waals surface area (Å²) in [5, 5.41) is 11.8. The van der Waals surface area contributed by atoms with Crippen molar-refractivity contribution in [2.24, 2.45) is 0 Å². The van der Waals surface area contributed by atoms with Gasteiger partial charge in [-0.1, -0.05) is 5.92 Å². The van der Waals surface area contributed by atoms with Crippen LogP contribution in [0.2, 0.25) is 0 Å². The monoisotopic (exact) mass is 281 g/mol. The van der Waals surface area contributed by atoms with Gasteiger partial charge in [0.15, 0.2) is 0 Å². The molecule has 0 aliphatic carbocycles. The molecule has 1 aromatic carbocycles. The first kappa shape index (κ1) is 13.7. The molecule has 1 aliphatic rings. The zero-order valence-corrected chi connectivity index (χ0v) is 11.9. The number of aromatic nitrogens is 3. The molecule has 2 heterocycles. The molecule has 1 aliphatic heterocycles. The second kappa shape index (κ2) is 6.42. The molecule has 1 saturated heterocycles. The lowest BCUT2D eigenvalue weighted by Crippen LogP contribution is -2.39. The summed E-state index contributed by atoms with van der Waals surface area (Å²) in [5.41, 5.74) is 2.11. The summed E-state index contributed by atoms with van der Waals surface area (Å²) in [6.45, 7) is 2.90. The highest BCUT2D eigenvalue weighted by Gasteiger charge is 2.18. The lowest BCUT2D eigenvalue weighted by molar-refractivity contribution is 0.243. The van der Waals surface area contributed by atoms with Crippen molar-refractivity contribution in [3.8, 4) is 18.0 Å². The third-order valence-corrected chi connectivity index (χ3v) is 3.79. The van der Waals surface area contributed by atoms with E-state index < -0.39 is 0 Å². The molecule has 0 atom stereocenters. The summed E-state index contributed by atoms with van der Waals surface area (Å²) in [6, 6.07) is 8.72. The fraction of sp³-hybridized carbons (Fsp3) is 0.375. The minimum Gasteiger partial charge on any atom is -0.382 e. The summed E-state index contributed by atoms with van der Waals surface area (Å²) in [5.74, 6) is 2.71. The number of anilines is 1. The number of benzene rings is 1. The molecule has 0 spiro atoms. The zero-order valence-electron chi connectivity index (χ0n) is 11.9. The third kappa shape index (κ3) is 3.41. The van der Waals surface area contributed by atoms with E-state index in [4.69, 9.17) is 6.42 Å². The Hall–Kier alpha value is -2.32. The molecular weight excluding hydrogens is 262 g/mol. The minimum absolute atomic E-state index is 0.521. The molecule has 5 heteroatoms. The van der Waals surface area contributed by atoms with E-state index in [1.54, 1.807) is 17.2 Å². The molecule has 0 unspecified atom stereocenters. The van der Waals surface area contributed by atoms with Crippen LogP contribution in [-0.4, -0.2) is 45.6 Å². The summed E-state index contributed by atoms with van der Waals surface area (Å²) in [4.78, 5) is 3.94. The normalized spacial score (nSPS) is 16.5. The van der Waals surface area contributed by atoms with Crippen LogP contribution in [0.3, 0.4) is 0 Å². The standard InChI is InChI=1S/C16H19N5/c1-2-11-20-12-7-15(8-13-20)19-14-3-5-16(6-4-14)21-17-9-10-18-21/h1,3-6,9-10,15,19H,7-8,11-13H2. The molecule has 21 heavy (non-hydrogen) atoms. The highest BCUT2D eigenvalue weighted by Crippen LogP contribution is 2.17. The number of rotatable bonds is 4. The van der Waals surface area contributed by atoms with Crippen molar-refractivity contribution in [1.29, 1.82) is 0 Å². The van der Waals surface area contributed by atoms with Gasteiger partial charge in [0, 0.05) is 24.8 Å². The number of hydrogen-bond donors (Lipinski definition) is 1. The average Bonchev–Trinajstić information content (AvgIpc) is 3.05. The Morgan fingerprint density at radius 2 is 1.81 bits per heavy atom. The highest BCUT2D eigenvalue weighted by molar-refractivity contribution is 5.48. The van der Waals surface area contributed by atoms with Crippen molar-refractivity contribution >= 4 is 5.69 Å². The second-order valence-corrected chi connectivity index (χ2v) is 5.26. The summed E-state index contributed by atoms with van der Waals surface area (Å²) in [7, 11) is 0. The van der Waals surface area contributed by atoms with Crippen LogP contribution in [0.15, 0.2) is 36.7 Å². The van der Waals surface area contributed by atoms with Crippen LogP contribution in [-0.2, 0) is 0 Å². The maximum absolute atomic E-state index is 5.35. The highest BCUT2D eigenvalue weighted by atomic mass is 15.5. The van der Waals surface area contributed by atoms with Crippen LogP contribution in [0.1, 0.15) is 12.8 Å². The molecule has 1 aromatic heterocycles. The molecule has 2 aromatic rings. The minimum atomic E-state index is 0.521. The van der Waals surface area contributed by atoms with Crippen LogP contribution >= 0.6 is 0 Å². The fourth-order valence-corrected chi connectivity index (χ4v) is 2.64. The Bertz CT molecular complexity index is 589. The van der Waals surface area contributed by atoms with E-state index in [1.165, 1.54) is 0 Å². The van der Waals surface area contributed by atoms with Gasteiger partial charge in [-0.25, -0.2) is 0 Å². The Balaban J connectivity index is 1.56. The third-order valence-electron chi connectivity index (χ3n) is 3.79. The fourth-order valence-electron chi connectivity index (χ4n) is 2.64. The van der Waals surface area contributed by atoms with Gasteiger partial charge in [-0.3, -0.25) is 4.90 Å². The van der Waals surface area contributed by atoms with Crippen LogP contribution in [0.4, 0.5) is 5.69 Å². The first-order valence-corrected chi connectivity index (χ1v) is 7.24. The van der Waals surface area contributed by atoms with Crippen molar-refractivity contribution in [3.05, 3.63) is 36.7 Å². The van der Waals surface area contributed by atoms with Gasteiger partial charge in [0.1, 0.15) is 0 Å². The van der Waals surface area contributed by atoms with Crippen LogP contribution in [0.5, 0.6) is 0 Å². The number of nitrogens with one attached hydrogen (secondary N) is 1. The summed E-state index contributed by atoms with van der Waals surface area (Å²) in [6.07, 6.45) is 11.0. The molecule has 0 amide bonds. The summed E-state index contributed by atoms with van der Waals surface area (Å²) < 4.78 is 0. The van der Waals surface area contributed by atoms with Gasteiger partial charge in [0.2, 0.25) is 0 Å². The van der Waals surface area contributed by atoms with Crippen molar-refractivity contribution in [2.75, 3.05) is 25.0 Å². The lowest BCUT2D eigenvalue weighted by Gasteiger charge is -2.31. The maximum atomic E-state index is 5.35. The molecule has 0 saturated carbocycles. The molecule has 0 radical (unpaired) electrons.